The zero-order chi connectivity index (χ0) is 13.1. The van der Waals surface area contributed by atoms with E-state index in [4.69, 9.17) is 16.3 Å². The van der Waals surface area contributed by atoms with Crippen LogP contribution in [0.15, 0.2) is 23.6 Å². The molecule has 0 fully saturated rings. The first-order chi connectivity index (χ1) is 8.56. The lowest BCUT2D eigenvalue weighted by atomic mass is 10.2. The summed E-state index contributed by atoms with van der Waals surface area (Å²) >= 11 is 7.21. The van der Waals surface area contributed by atoms with Crippen molar-refractivity contribution < 1.29 is 9.13 Å². The molecule has 0 aliphatic rings. The van der Waals surface area contributed by atoms with Gasteiger partial charge in [0.25, 0.3) is 0 Å². The number of hydrogen-bond donors (Lipinski definition) is 0. The molecule has 0 amide bonds. The lowest BCUT2D eigenvalue weighted by Crippen LogP contribution is -1.97. The molecule has 0 spiro atoms. The van der Waals surface area contributed by atoms with Gasteiger partial charge in [-0.25, -0.2) is 9.37 Å². The minimum atomic E-state index is -0.477. The van der Waals surface area contributed by atoms with E-state index in [1.54, 1.807) is 17.4 Å². The summed E-state index contributed by atoms with van der Waals surface area (Å²) in [4.78, 5) is 4.44. The van der Waals surface area contributed by atoms with E-state index >= 15 is 0 Å². The number of hydrogen-bond acceptors (Lipinski definition) is 3. The highest BCUT2D eigenvalue weighted by Crippen LogP contribution is 2.23. The second-order valence-corrected chi connectivity index (χ2v) is 5.49. The predicted octanol–water partition coefficient (Wildman–Crippen LogP) is 4.64. The molecule has 0 bridgehead atoms. The van der Waals surface area contributed by atoms with Crippen LogP contribution in [0.25, 0.3) is 0 Å². The van der Waals surface area contributed by atoms with Crippen molar-refractivity contribution in [2.45, 2.75) is 26.4 Å². The van der Waals surface area contributed by atoms with Gasteiger partial charge in [-0.2, -0.15) is 0 Å². The van der Waals surface area contributed by atoms with E-state index < -0.39 is 5.82 Å². The summed E-state index contributed by atoms with van der Waals surface area (Å²) in [7, 11) is 0. The summed E-state index contributed by atoms with van der Waals surface area (Å²) in [6, 6.07) is 4.39. The third-order valence-electron chi connectivity index (χ3n) is 2.34. The molecule has 0 aliphatic carbocycles. The summed E-state index contributed by atoms with van der Waals surface area (Å²) in [5, 5.41) is 3.13. The van der Waals surface area contributed by atoms with Crippen LogP contribution in [0.2, 0.25) is 5.02 Å². The second-order valence-electron chi connectivity index (χ2n) is 4.20. The van der Waals surface area contributed by atoms with Crippen LogP contribution < -0.4 is 4.74 Å². The quantitative estimate of drug-likeness (QED) is 0.816. The van der Waals surface area contributed by atoms with Crippen molar-refractivity contribution in [2.24, 2.45) is 0 Å². The highest BCUT2D eigenvalue weighted by molar-refractivity contribution is 7.09. The Morgan fingerprint density at radius 1 is 1.44 bits per heavy atom. The smallest absolute Gasteiger partial charge is 0.145 e. The fourth-order valence-corrected chi connectivity index (χ4v) is 2.32. The Balaban J connectivity index is 2.00. The molecular weight excluding hydrogens is 273 g/mol. The summed E-state index contributed by atoms with van der Waals surface area (Å²) < 4.78 is 18.7. The molecular formula is C13H13ClFNOS. The standard InChI is InChI=1S/C13H13ClFNOS/c1-8(2)13-16-9(7-18-13)6-17-10-3-4-11(14)12(15)5-10/h3-5,7-8H,6H2,1-2H3. The molecule has 18 heavy (non-hydrogen) atoms. The molecule has 1 aromatic heterocycles. The van der Waals surface area contributed by atoms with Crippen molar-refractivity contribution in [3.8, 4) is 5.75 Å². The lowest BCUT2D eigenvalue weighted by Gasteiger charge is -2.04. The third-order valence-corrected chi connectivity index (χ3v) is 3.84. The average Bonchev–Trinajstić information content (AvgIpc) is 2.79. The van der Waals surface area contributed by atoms with Gasteiger partial charge in [-0.3, -0.25) is 0 Å². The Labute approximate surface area is 114 Å². The molecule has 1 heterocycles. The molecule has 96 valence electrons. The minimum Gasteiger partial charge on any atom is -0.487 e. The molecule has 2 nitrogen and oxygen atoms in total. The molecule has 1 aromatic carbocycles. The van der Waals surface area contributed by atoms with Crippen LogP contribution in [0.4, 0.5) is 4.39 Å². The maximum absolute atomic E-state index is 13.2. The van der Waals surface area contributed by atoms with Gasteiger partial charge < -0.3 is 4.74 Å². The molecule has 0 N–H and O–H groups in total. The van der Waals surface area contributed by atoms with Gasteiger partial charge in [-0.05, 0) is 12.1 Å². The number of rotatable bonds is 4. The largest absolute Gasteiger partial charge is 0.487 e. The van der Waals surface area contributed by atoms with Crippen molar-refractivity contribution in [1.82, 2.24) is 4.98 Å². The molecule has 5 heteroatoms. The first kappa shape index (κ1) is 13.3. The van der Waals surface area contributed by atoms with E-state index in [-0.39, 0.29) is 5.02 Å². The van der Waals surface area contributed by atoms with Gasteiger partial charge in [0, 0.05) is 17.4 Å². The number of aromatic nitrogens is 1. The fourth-order valence-electron chi connectivity index (χ4n) is 1.38. The molecule has 0 atom stereocenters. The van der Waals surface area contributed by atoms with Crippen LogP contribution in [-0.4, -0.2) is 4.98 Å². The number of halogens is 2. The van der Waals surface area contributed by atoms with Gasteiger partial charge in [0.2, 0.25) is 0 Å². The molecule has 0 radical (unpaired) electrons. The zero-order valence-corrected chi connectivity index (χ0v) is 11.7. The van der Waals surface area contributed by atoms with Gasteiger partial charge in [0.15, 0.2) is 0 Å². The predicted molar refractivity (Wildman–Crippen MR) is 71.9 cm³/mol. The molecule has 2 aromatic rings. The Morgan fingerprint density at radius 3 is 2.83 bits per heavy atom. The van der Waals surface area contributed by atoms with Crippen LogP contribution in [0.3, 0.4) is 0 Å². The first-order valence-corrected chi connectivity index (χ1v) is 6.84. The monoisotopic (exact) mass is 285 g/mol. The maximum Gasteiger partial charge on any atom is 0.145 e. The first-order valence-electron chi connectivity index (χ1n) is 5.58. The van der Waals surface area contributed by atoms with Gasteiger partial charge in [0.05, 0.1) is 15.7 Å². The minimum absolute atomic E-state index is 0.0955. The summed E-state index contributed by atoms with van der Waals surface area (Å²) in [5.74, 6) is 0.392. The van der Waals surface area contributed by atoms with Gasteiger partial charge >= 0.3 is 0 Å². The topological polar surface area (TPSA) is 22.1 Å². The Bertz CT molecular complexity index is 542. The summed E-state index contributed by atoms with van der Waals surface area (Å²) in [6.45, 7) is 4.53. The van der Waals surface area contributed by atoms with Crippen molar-refractivity contribution in [3.05, 3.63) is 45.1 Å². The molecule has 0 saturated carbocycles. The van der Waals surface area contributed by atoms with Crippen molar-refractivity contribution in [1.29, 1.82) is 0 Å². The van der Waals surface area contributed by atoms with Crippen molar-refractivity contribution in [2.75, 3.05) is 0 Å². The zero-order valence-electron chi connectivity index (χ0n) is 10.1. The van der Waals surface area contributed by atoms with Crippen LogP contribution in [0.1, 0.15) is 30.5 Å². The van der Waals surface area contributed by atoms with Crippen molar-refractivity contribution in [3.63, 3.8) is 0 Å². The van der Waals surface area contributed by atoms with Crippen molar-refractivity contribution >= 4 is 22.9 Å². The van der Waals surface area contributed by atoms with Crippen LogP contribution >= 0.6 is 22.9 Å². The summed E-state index contributed by atoms with van der Waals surface area (Å²) in [6.07, 6.45) is 0. The molecule has 0 saturated heterocycles. The molecule has 0 unspecified atom stereocenters. The van der Waals surface area contributed by atoms with E-state index in [1.165, 1.54) is 12.1 Å². The second kappa shape index (κ2) is 5.67. The highest BCUT2D eigenvalue weighted by atomic mass is 35.5. The van der Waals surface area contributed by atoms with E-state index in [1.807, 2.05) is 5.38 Å². The van der Waals surface area contributed by atoms with E-state index in [0.29, 0.717) is 18.3 Å². The lowest BCUT2D eigenvalue weighted by molar-refractivity contribution is 0.300. The maximum atomic E-state index is 13.2. The SMILES string of the molecule is CC(C)c1nc(COc2ccc(Cl)c(F)c2)cs1. The number of nitrogens with zero attached hydrogens (tertiary/aromatic N) is 1. The fraction of sp³-hybridized carbons (Fsp3) is 0.308. The average molecular weight is 286 g/mol. The molecule has 2 rings (SSSR count). The number of ether oxygens (including phenoxy) is 1. The van der Waals surface area contributed by atoms with Crippen LogP contribution in [-0.2, 0) is 6.61 Å². The number of benzene rings is 1. The van der Waals surface area contributed by atoms with Crippen LogP contribution in [0.5, 0.6) is 5.75 Å². The van der Waals surface area contributed by atoms with E-state index in [0.717, 1.165) is 10.7 Å². The normalized spacial score (nSPS) is 10.9. The highest BCUT2D eigenvalue weighted by Gasteiger charge is 2.07. The number of thiazole rings is 1. The van der Waals surface area contributed by atoms with Crippen LogP contribution in [0, 0.1) is 5.82 Å². The van der Waals surface area contributed by atoms with Gasteiger partial charge in [-0.1, -0.05) is 25.4 Å². The van der Waals surface area contributed by atoms with E-state index in [9.17, 15) is 4.39 Å². The Hall–Kier alpha value is -1.13. The summed E-state index contributed by atoms with van der Waals surface area (Å²) in [5.41, 5.74) is 0.860. The Morgan fingerprint density at radius 2 is 2.22 bits per heavy atom. The molecule has 0 aliphatic heterocycles. The van der Waals surface area contributed by atoms with Gasteiger partial charge in [-0.15, -0.1) is 11.3 Å². The van der Waals surface area contributed by atoms with Gasteiger partial charge in [0.1, 0.15) is 18.2 Å². The Kier molecular flexibility index (Phi) is 4.19. The van der Waals surface area contributed by atoms with E-state index in [2.05, 4.69) is 18.8 Å². The third kappa shape index (κ3) is 3.21.